The molecule has 25 heavy (non-hydrogen) atoms. The Balaban J connectivity index is 1.67. The summed E-state index contributed by atoms with van der Waals surface area (Å²) in [7, 11) is 0. The van der Waals surface area contributed by atoms with E-state index in [1.54, 1.807) is 4.68 Å². The van der Waals surface area contributed by atoms with Crippen molar-refractivity contribution in [2.45, 2.75) is 33.2 Å². The minimum absolute atomic E-state index is 0.0384. The van der Waals surface area contributed by atoms with Gasteiger partial charge in [-0.05, 0) is 25.8 Å². The second-order valence-corrected chi connectivity index (χ2v) is 5.87. The molecule has 7 nitrogen and oxygen atoms in total. The molecule has 0 bridgehead atoms. The first-order valence-electron chi connectivity index (χ1n) is 8.35. The monoisotopic (exact) mass is 339 g/mol. The van der Waals surface area contributed by atoms with Crippen LogP contribution in [0, 0.1) is 6.92 Å². The Bertz CT molecular complexity index is 943. The van der Waals surface area contributed by atoms with Crippen LogP contribution in [0.1, 0.15) is 24.0 Å². The first-order chi connectivity index (χ1) is 12.1. The maximum absolute atomic E-state index is 12.3. The number of hydrogen-bond donors (Lipinski definition) is 2. The van der Waals surface area contributed by atoms with E-state index in [9.17, 15) is 9.59 Å². The van der Waals surface area contributed by atoms with Crippen LogP contribution >= 0.6 is 0 Å². The fourth-order valence-electron chi connectivity index (χ4n) is 2.80. The molecular weight excluding hydrogens is 318 g/mol. The van der Waals surface area contributed by atoms with Gasteiger partial charge in [-0.25, -0.2) is 4.98 Å². The van der Waals surface area contributed by atoms with Crippen molar-refractivity contribution in [2.24, 2.45) is 0 Å². The van der Waals surface area contributed by atoms with Gasteiger partial charge in [0.1, 0.15) is 11.3 Å². The highest BCUT2D eigenvalue weighted by atomic mass is 16.1. The lowest BCUT2D eigenvalue weighted by molar-refractivity contribution is -0.120. The molecule has 0 saturated carbocycles. The number of amides is 1. The van der Waals surface area contributed by atoms with Gasteiger partial charge in [0.2, 0.25) is 5.91 Å². The molecule has 3 rings (SSSR count). The van der Waals surface area contributed by atoms with Crippen LogP contribution in [0.2, 0.25) is 0 Å². The van der Waals surface area contributed by atoms with E-state index in [1.165, 1.54) is 5.56 Å². The van der Waals surface area contributed by atoms with Gasteiger partial charge in [0.15, 0.2) is 5.52 Å². The Morgan fingerprint density at radius 2 is 2.04 bits per heavy atom. The Morgan fingerprint density at radius 1 is 1.28 bits per heavy atom. The second kappa shape index (κ2) is 7.29. The molecule has 0 radical (unpaired) electrons. The van der Waals surface area contributed by atoms with Gasteiger partial charge in [-0.15, -0.1) is 0 Å². The molecule has 0 aliphatic heterocycles. The van der Waals surface area contributed by atoms with E-state index in [-0.39, 0.29) is 17.9 Å². The number of fused-ring (bicyclic) bond motifs is 1. The molecule has 0 spiro atoms. The van der Waals surface area contributed by atoms with Crippen LogP contribution in [0.15, 0.2) is 35.1 Å². The average molecular weight is 339 g/mol. The van der Waals surface area contributed by atoms with Crippen molar-refractivity contribution in [3.63, 3.8) is 0 Å². The molecule has 7 heteroatoms. The standard InChI is InChI=1S/C18H21N5O2/c1-3-23-17-16(12(2)22-23)20-14(21-18(17)25)11-15(24)19-10-9-13-7-5-4-6-8-13/h4-8H,3,9-11H2,1-2H3,(H,19,24)(H,20,21,25). The number of aromatic amines is 1. The zero-order chi connectivity index (χ0) is 17.8. The number of rotatable bonds is 6. The molecule has 0 aliphatic carbocycles. The number of hydrogen-bond acceptors (Lipinski definition) is 4. The van der Waals surface area contributed by atoms with E-state index in [0.29, 0.717) is 35.6 Å². The molecule has 2 N–H and O–H groups in total. The summed E-state index contributed by atoms with van der Waals surface area (Å²) < 4.78 is 1.63. The summed E-state index contributed by atoms with van der Waals surface area (Å²) in [6.07, 6.45) is 0.800. The van der Waals surface area contributed by atoms with E-state index < -0.39 is 0 Å². The first kappa shape index (κ1) is 16.9. The molecule has 1 amide bonds. The van der Waals surface area contributed by atoms with Gasteiger partial charge in [0, 0.05) is 13.1 Å². The number of aromatic nitrogens is 4. The van der Waals surface area contributed by atoms with Gasteiger partial charge < -0.3 is 10.3 Å². The second-order valence-electron chi connectivity index (χ2n) is 5.87. The zero-order valence-corrected chi connectivity index (χ0v) is 14.4. The Labute approximate surface area is 145 Å². The maximum Gasteiger partial charge on any atom is 0.277 e. The summed E-state index contributed by atoms with van der Waals surface area (Å²) in [5.41, 5.74) is 2.59. The fraction of sp³-hybridized carbons (Fsp3) is 0.333. The van der Waals surface area contributed by atoms with Crippen LogP contribution in [-0.2, 0) is 24.2 Å². The highest BCUT2D eigenvalue weighted by Crippen LogP contribution is 2.11. The molecule has 3 aromatic rings. The lowest BCUT2D eigenvalue weighted by Crippen LogP contribution is -2.29. The van der Waals surface area contributed by atoms with Crippen LogP contribution in [0.3, 0.4) is 0 Å². The Kier molecular flexibility index (Phi) is 4.92. The van der Waals surface area contributed by atoms with Crippen LogP contribution in [-0.4, -0.2) is 32.2 Å². The predicted octanol–water partition coefficient (Wildman–Crippen LogP) is 1.35. The molecule has 0 saturated heterocycles. The average Bonchev–Trinajstić information content (AvgIpc) is 2.92. The highest BCUT2D eigenvalue weighted by molar-refractivity contribution is 5.80. The van der Waals surface area contributed by atoms with E-state index in [2.05, 4.69) is 20.4 Å². The third kappa shape index (κ3) is 3.76. The van der Waals surface area contributed by atoms with E-state index in [0.717, 1.165) is 6.42 Å². The van der Waals surface area contributed by atoms with Gasteiger partial charge in [0.05, 0.1) is 12.1 Å². The quantitative estimate of drug-likeness (QED) is 0.709. The maximum atomic E-state index is 12.3. The molecule has 0 atom stereocenters. The minimum atomic E-state index is -0.264. The van der Waals surface area contributed by atoms with Crippen LogP contribution in [0.5, 0.6) is 0 Å². The Morgan fingerprint density at radius 3 is 2.76 bits per heavy atom. The van der Waals surface area contributed by atoms with Crippen LogP contribution in [0.4, 0.5) is 0 Å². The summed E-state index contributed by atoms with van der Waals surface area (Å²) in [5, 5.41) is 7.16. The molecule has 130 valence electrons. The van der Waals surface area contributed by atoms with E-state index in [4.69, 9.17) is 0 Å². The van der Waals surface area contributed by atoms with Crippen molar-refractivity contribution in [3.8, 4) is 0 Å². The third-order valence-corrected chi connectivity index (χ3v) is 4.02. The van der Waals surface area contributed by atoms with Gasteiger partial charge in [-0.3, -0.25) is 14.3 Å². The van der Waals surface area contributed by atoms with Gasteiger partial charge >= 0.3 is 0 Å². The minimum Gasteiger partial charge on any atom is -0.355 e. The predicted molar refractivity (Wildman–Crippen MR) is 95.4 cm³/mol. The summed E-state index contributed by atoms with van der Waals surface area (Å²) in [6.45, 7) is 4.86. The first-order valence-corrected chi connectivity index (χ1v) is 8.35. The lowest BCUT2D eigenvalue weighted by Gasteiger charge is -2.05. The van der Waals surface area contributed by atoms with E-state index in [1.807, 2.05) is 44.2 Å². The van der Waals surface area contributed by atoms with Gasteiger partial charge in [0.25, 0.3) is 5.56 Å². The van der Waals surface area contributed by atoms with Crippen molar-refractivity contribution in [2.75, 3.05) is 6.54 Å². The summed E-state index contributed by atoms with van der Waals surface area (Å²) in [6, 6.07) is 9.95. The van der Waals surface area contributed by atoms with Crippen molar-refractivity contribution >= 4 is 16.9 Å². The molecule has 2 heterocycles. The van der Waals surface area contributed by atoms with Crippen LogP contribution < -0.4 is 10.9 Å². The number of carbonyl (C=O) groups is 1. The zero-order valence-electron chi connectivity index (χ0n) is 14.4. The third-order valence-electron chi connectivity index (χ3n) is 4.02. The number of nitrogens with one attached hydrogen (secondary N) is 2. The Hall–Kier alpha value is -2.96. The van der Waals surface area contributed by atoms with E-state index >= 15 is 0 Å². The van der Waals surface area contributed by atoms with Crippen LogP contribution in [0.25, 0.3) is 11.0 Å². The number of carbonyl (C=O) groups excluding carboxylic acids is 1. The SMILES string of the molecule is CCn1nc(C)c2nc(CC(=O)NCCc3ccccc3)[nH]c(=O)c21. The van der Waals surface area contributed by atoms with Crippen molar-refractivity contribution in [1.82, 2.24) is 25.1 Å². The topological polar surface area (TPSA) is 92.7 Å². The smallest absolute Gasteiger partial charge is 0.277 e. The lowest BCUT2D eigenvalue weighted by atomic mass is 10.1. The van der Waals surface area contributed by atoms with Gasteiger partial charge in [-0.2, -0.15) is 5.10 Å². The number of nitrogens with zero attached hydrogens (tertiary/aromatic N) is 3. The molecule has 1 aromatic carbocycles. The molecule has 2 aromatic heterocycles. The molecule has 0 fully saturated rings. The fourth-order valence-corrected chi connectivity index (χ4v) is 2.80. The summed E-state index contributed by atoms with van der Waals surface area (Å²) in [5.74, 6) is 0.187. The normalized spacial score (nSPS) is 11.0. The number of H-pyrrole nitrogens is 1. The van der Waals surface area contributed by atoms with Crippen molar-refractivity contribution in [1.29, 1.82) is 0 Å². The number of benzene rings is 1. The number of aryl methyl sites for hydroxylation is 2. The summed E-state index contributed by atoms with van der Waals surface area (Å²) in [4.78, 5) is 31.5. The summed E-state index contributed by atoms with van der Waals surface area (Å²) >= 11 is 0. The molecule has 0 aliphatic rings. The molecular formula is C18H21N5O2. The largest absolute Gasteiger partial charge is 0.355 e. The highest BCUT2D eigenvalue weighted by Gasteiger charge is 2.14. The molecule has 0 unspecified atom stereocenters. The van der Waals surface area contributed by atoms with Crippen molar-refractivity contribution < 1.29 is 4.79 Å². The van der Waals surface area contributed by atoms with Crippen molar-refractivity contribution in [3.05, 3.63) is 57.8 Å². The van der Waals surface area contributed by atoms with Gasteiger partial charge in [-0.1, -0.05) is 30.3 Å².